The molecule has 2 aromatic rings. The molecule has 0 saturated carbocycles. The fourth-order valence-electron chi connectivity index (χ4n) is 1.74. The predicted octanol–water partition coefficient (Wildman–Crippen LogP) is 2.58. The SMILES string of the molecule is CN(C)c1ccc(/C=C\C=N/NC(=O)c2ccncc2)cc1. The van der Waals surface area contributed by atoms with Gasteiger partial charge in [-0.25, -0.2) is 5.43 Å². The number of nitrogens with one attached hydrogen (secondary N) is 1. The van der Waals surface area contributed by atoms with Crippen LogP contribution in [0.15, 0.2) is 60.0 Å². The Morgan fingerprint density at radius 1 is 1.14 bits per heavy atom. The average Bonchev–Trinajstić information content (AvgIpc) is 2.55. The van der Waals surface area contributed by atoms with Crippen molar-refractivity contribution in [1.29, 1.82) is 0 Å². The van der Waals surface area contributed by atoms with Crippen LogP contribution in [0.5, 0.6) is 0 Å². The second-order valence-electron chi connectivity index (χ2n) is 4.80. The van der Waals surface area contributed by atoms with Gasteiger partial charge in [-0.15, -0.1) is 0 Å². The molecular weight excluding hydrogens is 276 g/mol. The second-order valence-corrected chi connectivity index (χ2v) is 4.80. The fraction of sp³-hybridized carbons (Fsp3) is 0.118. The Balaban J connectivity index is 1.85. The maximum Gasteiger partial charge on any atom is 0.271 e. The number of nitrogens with zero attached hydrogens (tertiary/aromatic N) is 3. The molecule has 0 spiro atoms. The van der Waals surface area contributed by atoms with E-state index in [4.69, 9.17) is 0 Å². The molecule has 0 saturated heterocycles. The summed E-state index contributed by atoms with van der Waals surface area (Å²) < 4.78 is 0. The number of hydrazone groups is 1. The van der Waals surface area contributed by atoms with E-state index in [2.05, 4.69) is 15.5 Å². The highest BCUT2D eigenvalue weighted by molar-refractivity contribution is 5.94. The lowest BCUT2D eigenvalue weighted by molar-refractivity contribution is 0.0955. The fourth-order valence-corrected chi connectivity index (χ4v) is 1.74. The van der Waals surface area contributed by atoms with Gasteiger partial charge < -0.3 is 4.90 Å². The molecule has 2 rings (SSSR count). The molecule has 0 radical (unpaired) electrons. The highest BCUT2D eigenvalue weighted by atomic mass is 16.2. The summed E-state index contributed by atoms with van der Waals surface area (Å²) in [5.41, 5.74) is 5.19. The van der Waals surface area contributed by atoms with Crippen molar-refractivity contribution in [3.63, 3.8) is 0 Å². The number of aromatic nitrogens is 1. The summed E-state index contributed by atoms with van der Waals surface area (Å²) in [5, 5.41) is 3.87. The van der Waals surface area contributed by atoms with Crippen molar-refractivity contribution >= 4 is 23.9 Å². The van der Waals surface area contributed by atoms with Gasteiger partial charge in [0.05, 0.1) is 0 Å². The van der Waals surface area contributed by atoms with Gasteiger partial charge in [0.1, 0.15) is 0 Å². The van der Waals surface area contributed by atoms with Gasteiger partial charge in [-0.2, -0.15) is 5.10 Å². The normalized spacial score (nSPS) is 11.0. The van der Waals surface area contributed by atoms with Gasteiger partial charge in [0.2, 0.25) is 0 Å². The Bertz CT molecular complexity index is 661. The van der Waals surface area contributed by atoms with Crippen LogP contribution in [0.4, 0.5) is 5.69 Å². The van der Waals surface area contributed by atoms with E-state index in [1.54, 1.807) is 36.8 Å². The zero-order valence-corrected chi connectivity index (χ0v) is 12.6. The van der Waals surface area contributed by atoms with Crippen LogP contribution >= 0.6 is 0 Å². The van der Waals surface area contributed by atoms with Gasteiger partial charge in [-0.1, -0.05) is 18.2 Å². The molecule has 1 aromatic carbocycles. The second kappa shape index (κ2) is 7.73. The number of anilines is 1. The molecule has 0 aliphatic carbocycles. The van der Waals surface area contributed by atoms with Gasteiger partial charge in [-0.05, 0) is 35.9 Å². The average molecular weight is 294 g/mol. The number of allylic oxidation sites excluding steroid dienone is 1. The lowest BCUT2D eigenvalue weighted by atomic mass is 10.2. The Labute approximate surface area is 130 Å². The Morgan fingerprint density at radius 3 is 2.45 bits per heavy atom. The number of carbonyl (C=O) groups is 1. The van der Waals surface area contributed by atoms with Crippen molar-refractivity contribution in [1.82, 2.24) is 10.4 Å². The molecule has 112 valence electrons. The first-order valence-electron chi connectivity index (χ1n) is 6.84. The third-order valence-electron chi connectivity index (χ3n) is 2.97. The van der Waals surface area contributed by atoms with Crippen LogP contribution in [-0.2, 0) is 0 Å². The van der Waals surface area contributed by atoms with E-state index in [-0.39, 0.29) is 5.91 Å². The molecule has 0 aliphatic rings. The molecule has 5 nitrogen and oxygen atoms in total. The van der Waals surface area contributed by atoms with Gasteiger partial charge in [0.25, 0.3) is 5.91 Å². The molecule has 0 bridgehead atoms. The largest absolute Gasteiger partial charge is 0.378 e. The number of rotatable bonds is 5. The molecular formula is C17H18N4O. The van der Waals surface area contributed by atoms with E-state index in [1.807, 2.05) is 49.3 Å². The van der Waals surface area contributed by atoms with E-state index in [9.17, 15) is 4.79 Å². The summed E-state index contributed by atoms with van der Waals surface area (Å²) >= 11 is 0. The quantitative estimate of drug-likeness (QED) is 0.681. The minimum atomic E-state index is -0.262. The smallest absolute Gasteiger partial charge is 0.271 e. The number of benzene rings is 1. The van der Waals surface area contributed by atoms with Crippen molar-refractivity contribution < 1.29 is 4.79 Å². The van der Waals surface area contributed by atoms with Crippen LogP contribution < -0.4 is 10.3 Å². The zero-order chi connectivity index (χ0) is 15.8. The van der Waals surface area contributed by atoms with E-state index in [0.717, 1.165) is 11.3 Å². The predicted molar refractivity (Wildman–Crippen MR) is 90.0 cm³/mol. The van der Waals surface area contributed by atoms with E-state index in [0.29, 0.717) is 5.56 Å². The van der Waals surface area contributed by atoms with Crippen molar-refractivity contribution in [3.05, 3.63) is 66.0 Å². The highest BCUT2D eigenvalue weighted by Crippen LogP contribution is 2.12. The third-order valence-corrected chi connectivity index (χ3v) is 2.97. The van der Waals surface area contributed by atoms with Crippen LogP contribution in [0.1, 0.15) is 15.9 Å². The Kier molecular flexibility index (Phi) is 5.43. The summed E-state index contributed by atoms with van der Waals surface area (Å²) in [6, 6.07) is 11.4. The van der Waals surface area contributed by atoms with E-state index >= 15 is 0 Å². The number of pyridine rings is 1. The standard InChI is InChI=1S/C17H18N4O/c1-21(2)16-7-5-14(6-8-16)4-3-11-19-20-17(22)15-9-12-18-13-10-15/h3-13H,1-2H3,(H,20,22)/b4-3-,19-11-. The molecule has 0 fully saturated rings. The Morgan fingerprint density at radius 2 is 1.82 bits per heavy atom. The number of carbonyl (C=O) groups excluding carboxylic acids is 1. The molecule has 0 atom stereocenters. The van der Waals surface area contributed by atoms with E-state index < -0.39 is 0 Å². The lowest BCUT2D eigenvalue weighted by Gasteiger charge is -2.11. The Hall–Kier alpha value is -2.95. The summed E-state index contributed by atoms with van der Waals surface area (Å²) in [6.07, 6.45) is 8.36. The molecule has 1 aromatic heterocycles. The minimum Gasteiger partial charge on any atom is -0.378 e. The van der Waals surface area contributed by atoms with Crippen molar-refractivity contribution in [2.24, 2.45) is 5.10 Å². The number of amides is 1. The zero-order valence-electron chi connectivity index (χ0n) is 12.6. The van der Waals surface area contributed by atoms with Gasteiger partial charge in [-0.3, -0.25) is 9.78 Å². The molecule has 5 heteroatoms. The third kappa shape index (κ3) is 4.56. The monoisotopic (exact) mass is 294 g/mol. The first-order valence-corrected chi connectivity index (χ1v) is 6.84. The maximum atomic E-state index is 11.7. The van der Waals surface area contributed by atoms with Crippen LogP contribution in [0.25, 0.3) is 6.08 Å². The molecule has 1 heterocycles. The summed E-state index contributed by atoms with van der Waals surface area (Å²) in [4.78, 5) is 17.6. The summed E-state index contributed by atoms with van der Waals surface area (Å²) in [7, 11) is 4.01. The van der Waals surface area contributed by atoms with Crippen LogP contribution in [0.3, 0.4) is 0 Å². The van der Waals surface area contributed by atoms with Crippen molar-refractivity contribution in [2.75, 3.05) is 19.0 Å². The van der Waals surface area contributed by atoms with Crippen molar-refractivity contribution in [3.8, 4) is 0 Å². The molecule has 0 unspecified atom stereocenters. The first-order chi connectivity index (χ1) is 10.7. The van der Waals surface area contributed by atoms with Crippen molar-refractivity contribution in [2.45, 2.75) is 0 Å². The number of hydrogen-bond acceptors (Lipinski definition) is 4. The van der Waals surface area contributed by atoms with Crippen LogP contribution in [0.2, 0.25) is 0 Å². The van der Waals surface area contributed by atoms with Crippen LogP contribution in [0, 0.1) is 0 Å². The minimum absolute atomic E-state index is 0.262. The topological polar surface area (TPSA) is 57.6 Å². The maximum absolute atomic E-state index is 11.7. The first kappa shape index (κ1) is 15.4. The van der Waals surface area contributed by atoms with Gasteiger partial charge in [0, 0.05) is 44.0 Å². The molecule has 1 N–H and O–H groups in total. The summed E-state index contributed by atoms with van der Waals surface area (Å²) in [6.45, 7) is 0. The highest BCUT2D eigenvalue weighted by Gasteiger charge is 2.01. The lowest BCUT2D eigenvalue weighted by Crippen LogP contribution is -2.17. The van der Waals surface area contributed by atoms with Crippen LogP contribution in [-0.4, -0.2) is 31.2 Å². The van der Waals surface area contributed by atoms with Gasteiger partial charge in [0.15, 0.2) is 0 Å². The molecule has 1 amide bonds. The molecule has 22 heavy (non-hydrogen) atoms. The summed E-state index contributed by atoms with van der Waals surface area (Å²) in [5.74, 6) is -0.262. The van der Waals surface area contributed by atoms with E-state index in [1.165, 1.54) is 0 Å². The number of hydrogen-bond donors (Lipinski definition) is 1. The van der Waals surface area contributed by atoms with Gasteiger partial charge >= 0.3 is 0 Å². The molecule has 0 aliphatic heterocycles.